The van der Waals surface area contributed by atoms with Crippen molar-refractivity contribution < 1.29 is 0 Å². The maximum Gasteiger partial charge on any atom is 0.193 e. The molecule has 0 atom stereocenters. The van der Waals surface area contributed by atoms with Gasteiger partial charge in [0.25, 0.3) is 0 Å². The van der Waals surface area contributed by atoms with Crippen LogP contribution in [-0.2, 0) is 13.1 Å². The van der Waals surface area contributed by atoms with Crippen LogP contribution < -0.4 is 5.32 Å². The van der Waals surface area contributed by atoms with Crippen LogP contribution in [0.2, 0.25) is 0 Å². The number of benzene rings is 1. The summed E-state index contributed by atoms with van der Waals surface area (Å²) in [6, 6.07) is 8.74. The fraction of sp³-hybridized carbons (Fsp3) is 0.611. The highest BCUT2D eigenvalue weighted by Crippen LogP contribution is 2.07. The normalized spacial score (nSPS) is 11.8. The first-order valence-corrected chi connectivity index (χ1v) is 8.28. The molecule has 124 valence electrons. The van der Waals surface area contributed by atoms with Crippen LogP contribution in [0.15, 0.2) is 29.3 Å². The monoisotopic (exact) mass is 304 g/mol. The van der Waals surface area contributed by atoms with E-state index in [1.165, 1.54) is 24.0 Å². The van der Waals surface area contributed by atoms with E-state index in [2.05, 4.69) is 74.4 Å². The van der Waals surface area contributed by atoms with Gasteiger partial charge in [-0.1, -0.05) is 37.6 Å². The molecule has 0 amide bonds. The summed E-state index contributed by atoms with van der Waals surface area (Å²) in [5, 5.41) is 3.37. The Labute approximate surface area is 136 Å². The molecule has 0 aliphatic carbocycles. The van der Waals surface area contributed by atoms with Gasteiger partial charge in [-0.2, -0.15) is 0 Å². The Morgan fingerprint density at radius 1 is 1.05 bits per heavy atom. The number of guanidine groups is 1. The van der Waals surface area contributed by atoms with Crippen molar-refractivity contribution in [1.29, 1.82) is 0 Å². The van der Waals surface area contributed by atoms with Crippen LogP contribution in [-0.4, -0.2) is 50.0 Å². The van der Waals surface area contributed by atoms with Crippen molar-refractivity contribution in [3.8, 4) is 0 Å². The van der Waals surface area contributed by atoms with Crippen molar-refractivity contribution in [1.82, 2.24) is 15.1 Å². The van der Waals surface area contributed by atoms with Gasteiger partial charge >= 0.3 is 0 Å². The first-order chi connectivity index (χ1) is 10.6. The standard InChI is InChI=1S/C18H32N4/c1-6-8-13-22(5)18(19-7-2)20-14-16-9-11-17(12-10-16)15-21(3)4/h9-12H,6-8,13-15H2,1-5H3,(H,19,20). The molecular weight excluding hydrogens is 272 g/mol. The van der Waals surface area contributed by atoms with Gasteiger partial charge in [-0.25, -0.2) is 4.99 Å². The zero-order valence-corrected chi connectivity index (χ0v) is 14.9. The molecule has 0 radical (unpaired) electrons. The first-order valence-electron chi connectivity index (χ1n) is 8.28. The van der Waals surface area contributed by atoms with Gasteiger partial charge in [0.15, 0.2) is 5.96 Å². The Kier molecular flexibility index (Phi) is 8.60. The molecule has 0 saturated heterocycles. The summed E-state index contributed by atoms with van der Waals surface area (Å²) in [6.45, 7) is 7.97. The molecule has 0 unspecified atom stereocenters. The van der Waals surface area contributed by atoms with Gasteiger partial charge in [-0.05, 0) is 38.6 Å². The highest BCUT2D eigenvalue weighted by Gasteiger charge is 2.04. The molecule has 22 heavy (non-hydrogen) atoms. The lowest BCUT2D eigenvalue weighted by Crippen LogP contribution is -2.39. The van der Waals surface area contributed by atoms with Gasteiger partial charge in [0.2, 0.25) is 0 Å². The number of hydrogen-bond acceptors (Lipinski definition) is 2. The van der Waals surface area contributed by atoms with E-state index >= 15 is 0 Å². The van der Waals surface area contributed by atoms with Gasteiger partial charge in [-0.3, -0.25) is 0 Å². The Morgan fingerprint density at radius 2 is 1.68 bits per heavy atom. The van der Waals surface area contributed by atoms with Crippen LogP contribution in [0, 0.1) is 0 Å². The molecule has 0 saturated carbocycles. The highest BCUT2D eigenvalue weighted by atomic mass is 15.3. The molecule has 1 N–H and O–H groups in total. The van der Waals surface area contributed by atoms with Gasteiger partial charge in [0, 0.05) is 26.7 Å². The van der Waals surface area contributed by atoms with Crippen molar-refractivity contribution in [3.05, 3.63) is 35.4 Å². The fourth-order valence-corrected chi connectivity index (χ4v) is 2.25. The minimum Gasteiger partial charge on any atom is -0.357 e. The lowest BCUT2D eigenvalue weighted by molar-refractivity contribution is 0.402. The molecule has 0 fully saturated rings. The molecule has 0 spiro atoms. The molecule has 0 aromatic heterocycles. The second-order valence-electron chi connectivity index (χ2n) is 6.00. The number of hydrogen-bond donors (Lipinski definition) is 1. The third-order valence-electron chi connectivity index (χ3n) is 3.48. The molecular formula is C18H32N4. The minimum absolute atomic E-state index is 0.723. The van der Waals surface area contributed by atoms with E-state index in [1.807, 2.05) is 0 Å². The molecule has 4 heteroatoms. The van der Waals surface area contributed by atoms with E-state index in [4.69, 9.17) is 4.99 Å². The van der Waals surface area contributed by atoms with E-state index < -0.39 is 0 Å². The SMILES string of the molecule is CCCCN(C)C(=NCc1ccc(CN(C)C)cc1)NCC. The van der Waals surface area contributed by atoms with Crippen molar-refractivity contribution >= 4 is 5.96 Å². The Bertz CT molecular complexity index is 437. The van der Waals surface area contributed by atoms with Crippen molar-refractivity contribution in [2.75, 3.05) is 34.2 Å². The van der Waals surface area contributed by atoms with Crippen LogP contribution in [0.4, 0.5) is 0 Å². The maximum atomic E-state index is 4.75. The summed E-state index contributed by atoms with van der Waals surface area (Å²) >= 11 is 0. The largest absolute Gasteiger partial charge is 0.357 e. The summed E-state index contributed by atoms with van der Waals surface area (Å²) in [5.41, 5.74) is 2.59. The fourth-order valence-electron chi connectivity index (χ4n) is 2.25. The summed E-state index contributed by atoms with van der Waals surface area (Å²) in [4.78, 5) is 9.14. The van der Waals surface area contributed by atoms with Gasteiger partial charge in [0.1, 0.15) is 0 Å². The average molecular weight is 304 g/mol. The predicted molar refractivity (Wildman–Crippen MR) is 96.2 cm³/mol. The first kappa shape index (κ1) is 18.5. The molecule has 0 aliphatic heterocycles. The molecule has 0 aliphatic rings. The third kappa shape index (κ3) is 6.94. The number of nitrogens with zero attached hydrogens (tertiary/aromatic N) is 3. The van der Waals surface area contributed by atoms with E-state index in [1.54, 1.807) is 0 Å². The Balaban J connectivity index is 2.64. The third-order valence-corrected chi connectivity index (χ3v) is 3.48. The number of aliphatic imine (C=N–C) groups is 1. The van der Waals surface area contributed by atoms with Gasteiger partial charge in [-0.15, -0.1) is 0 Å². The molecule has 1 aromatic carbocycles. The minimum atomic E-state index is 0.723. The summed E-state index contributed by atoms with van der Waals surface area (Å²) < 4.78 is 0. The topological polar surface area (TPSA) is 30.9 Å². The van der Waals surface area contributed by atoms with Crippen LogP contribution >= 0.6 is 0 Å². The van der Waals surface area contributed by atoms with Crippen LogP contribution in [0.5, 0.6) is 0 Å². The smallest absolute Gasteiger partial charge is 0.193 e. The van der Waals surface area contributed by atoms with E-state index in [0.717, 1.165) is 32.1 Å². The van der Waals surface area contributed by atoms with Gasteiger partial charge in [0.05, 0.1) is 6.54 Å². The lowest BCUT2D eigenvalue weighted by atomic mass is 10.1. The number of unbranched alkanes of at least 4 members (excludes halogenated alkanes) is 1. The molecule has 0 heterocycles. The Morgan fingerprint density at radius 3 is 2.23 bits per heavy atom. The number of nitrogens with one attached hydrogen (secondary N) is 1. The van der Waals surface area contributed by atoms with Crippen LogP contribution in [0.1, 0.15) is 37.8 Å². The molecule has 1 rings (SSSR count). The van der Waals surface area contributed by atoms with E-state index in [-0.39, 0.29) is 0 Å². The summed E-state index contributed by atoms with van der Waals surface area (Å²) in [5.74, 6) is 0.994. The Hall–Kier alpha value is -1.55. The van der Waals surface area contributed by atoms with Gasteiger partial charge < -0.3 is 15.1 Å². The van der Waals surface area contributed by atoms with Crippen LogP contribution in [0.25, 0.3) is 0 Å². The zero-order chi connectivity index (χ0) is 16.4. The molecule has 0 bridgehead atoms. The second-order valence-corrected chi connectivity index (χ2v) is 6.00. The van der Waals surface area contributed by atoms with E-state index in [9.17, 15) is 0 Å². The zero-order valence-electron chi connectivity index (χ0n) is 14.9. The highest BCUT2D eigenvalue weighted by molar-refractivity contribution is 5.79. The predicted octanol–water partition coefficient (Wildman–Crippen LogP) is 2.95. The molecule has 4 nitrogen and oxygen atoms in total. The van der Waals surface area contributed by atoms with Crippen molar-refractivity contribution in [2.45, 2.75) is 39.8 Å². The molecule has 1 aromatic rings. The number of rotatable bonds is 8. The van der Waals surface area contributed by atoms with Crippen molar-refractivity contribution in [2.24, 2.45) is 4.99 Å². The summed E-state index contributed by atoms with van der Waals surface area (Å²) in [6.07, 6.45) is 2.40. The lowest BCUT2D eigenvalue weighted by Gasteiger charge is -2.21. The quantitative estimate of drug-likeness (QED) is 0.592. The van der Waals surface area contributed by atoms with Crippen LogP contribution in [0.3, 0.4) is 0 Å². The summed E-state index contributed by atoms with van der Waals surface area (Å²) in [7, 11) is 6.29. The second kappa shape index (κ2) is 10.2. The van der Waals surface area contributed by atoms with Crippen molar-refractivity contribution in [3.63, 3.8) is 0 Å². The average Bonchev–Trinajstić information content (AvgIpc) is 2.50. The van der Waals surface area contributed by atoms with E-state index in [0.29, 0.717) is 0 Å². The maximum absolute atomic E-state index is 4.75.